The van der Waals surface area contributed by atoms with E-state index in [9.17, 15) is 0 Å². The Morgan fingerprint density at radius 2 is 2.00 bits per heavy atom. The van der Waals surface area contributed by atoms with E-state index >= 15 is 0 Å². The summed E-state index contributed by atoms with van der Waals surface area (Å²) in [6.45, 7) is 16.5. The van der Waals surface area contributed by atoms with E-state index in [1.807, 2.05) is 0 Å². The van der Waals surface area contributed by atoms with Crippen LogP contribution in [0.4, 0.5) is 0 Å². The molecule has 0 saturated carbocycles. The van der Waals surface area contributed by atoms with Crippen LogP contribution in [0.1, 0.15) is 47.5 Å². The van der Waals surface area contributed by atoms with Crippen LogP contribution in [-0.4, -0.2) is 37.1 Å². The van der Waals surface area contributed by atoms with E-state index in [0.29, 0.717) is 11.5 Å². The average Bonchev–Trinajstić information content (AvgIpc) is 2.56. The van der Waals surface area contributed by atoms with Crippen LogP contribution in [0.25, 0.3) is 0 Å². The number of hydrogen-bond acceptors (Lipinski definition) is 2. The van der Waals surface area contributed by atoms with Crippen molar-refractivity contribution in [1.29, 1.82) is 0 Å². The molecule has 0 aromatic rings. The smallest absolute Gasteiger partial charge is 0.0220 e. The Morgan fingerprint density at radius 1 is 1.31 bits per heavy atom. The van der Waals surface area contributed by atoms with Crippen LogP contribution in [0, 0.1) is 11.3 Å². The Kier molecular flexibility index (Phi) is 5.26. The number of rotatable bonds is 6. The summed E-state index contributed by atoms with van der Waals surface area (Å²) >= 11 is 0. The Morgan fingerprint density at radius 3 is 2.44 bits per heavy atom. The second-order valence-corrected chi connectivity index (χ2v) is 6.20. The lowest BCUT2D eigenvalue weighted by Gasteiger charge is -2.29. The summed E-state index contributed by atoms with van der Waals surface area (Å²) in [6.07, 6.45) is 2.63. The molecule has 0 radical (unpaired) electrons. The Balaban J connectivity index is 2.43. The zero-order chi connectivity index (χ0) is 12.2. The fraction of sp³-hybridized carbons (Fsp3) is 1.00. The van der Waals surface area contributed by atoms with Gasteiger partial charge in [-0.3, -0.25) is 0 Å². The predicted octanol–water partition coefficient (Wildman–Crippen LogP) is 2.74. The number of likely N-dealkylation sites (tertiary alicyclic amines) is 1. The molecule has 1 fully saturated rings. The van der Waals surface area contributed by atoms with Crippen molar-refractivity contribution >= 4 is 0 Å². The molecule has 2 atom stereocenters. The number of likely N-dealkylation sites (N-methyl/N-ethyl adjacent to an activating group) is 1. The monoisotopic (exact) mass is 226 g/mol. The summed E-state index contributed by atoms with van der Waals surface area (Å²) in [5.41, 5.74) is 0.534. The largest absolute Gasteiger partial charge is 0.313 e. The van der Waals surface area contributed by atoms with Gasteiger partial charge in [-0.25, -0.2) is 0 Å². The van der Waals surface area contributed by atoms with Crippen LogP contribution in [0.5, 0.6) is 0 Å². The SMILES string of the molecule is CCNC(CN1CCC(C)(C)C1)C(C)CC. The second-order valence-electron chi connectivity index (χ2n) is 6.20. The summed E-state index contributed by atoms with van der Waals surface area (Å²) in [5.74, 6) is 0.781. The van der Waals surface area contributed by atoms with Gasteiger partial charge in [-0.05, 0) is 30.8 Å². The topological polar surface area (TPSA) is 15.3 Å². The zero-order valence-electron chi connectivity index (χ0n) is 11.8. The quantitative estimate of drug-likeness (QED) is 0.749. The van der Waals surface area contributed by atoms with E-state index in [4.69, 9.17) is 0 Å². The van der Waals surface area contributed by atoms with Crippen LogP contribution >= 0.6 is 0 Å². The number of nitrogens with zero attached hydrogens (tertiary/aromatic N) is 1. The molecule has 0 aromatic heterocycles. The van der Waals surface area contributed by atoms with Gasteiger partial charge in [0.15, 0.2) is 0 Å². The van der Waals surface area contributed by atoms with Crippen molar-refractivity contribution in [3.8, 4) is 0 Å². The molecule has 1 heterocycles. The van der Waals surface area contributed by atoms with Gasteiger partial charge in [-0.2, -0.15) is 0 Å². The lowest BCUT2D eigenvalue weighted by Crippen LogP contribution is -2.44. The molecule has 2 heteroatoms. The zero-order valence-corrected chi connectivity index (χ0v) is 11.8. The second kappa shape index (κ2) is 6.02. The molecule has 1 N–H and O–H groups in total. The highest BCUT2D eigenvalue weighted by Crippen LogP contribution is 2.29. The third kappa shape index (κ3) is 4.06. The minimum atomic E-state index is 0.534. The van der Waals surface area contributed by atoms with E-state index in [-0.39, 0.29) is 0 Å². The fourth-order valence-corrected chi connectivity index (χ4v) is 2.65. The van der Waals surface area contributed by atoms with Crippen molar-refractivity contribution in [2.24, 2.45) is 11.3 Å². The minimum Gasteiger partial charge on any atom is -0.313 e. The van der Waals surface area contributed by atoms with E-state index in [1.54, 1.807) is 0 Å². The summed E-state index contributed by atoms with van der Waals surface area (Å²) in [7, 11) is 0. The van der Waals surface area contributed by atoms with Gasteiger partial charge < -0.3 is 10.2 Å². The molecule has 1 rings (SSSR count). The normalized spacial score (nSPS) is 24.6. The van der Waals surface area contributed by atoms with Gasteiger partial charge in [0.25, 0.3) is 0 Å². The molecule has 0 aromatic carbocycles. The number of nitrogens with one attached hydrogen (secondary N) is 1. The molecule has 1 saturated heterocycles. The summed E-state index contributed by atoms with van der Waals surface area (Å²) in [4.78, 5) is 2.64. The van der Waals surface area contributed by atoms with Gasteiger partial charge in [0.2, 0.25) is 0 Å². The third-order valence-corrected chi connectivity index (χ3v) is 4.01. The average molecular weight is 226 g/mol. The summed E-state index contributed by atoms with van der Waals surface area (Å²) in [5, 5.41) is 3.65. The van der Waals surface area contributed by atoms with Gasteiger partial charge in [-0.15, -0.1) is 0 Å². The Hall–Kier alpha value is -0.0800. The van der Waals surface area contributed by atoms with Crippen molar-refractivity contribution in [3.63, 3.8) is 0 Å². The van der Waals surface area contributed by atoms with Crippen molar-refractivity contribution in [2.75, 3.05) is 26.2 Å². The summed E-state index contributed by atoms with van der Waals surface area (Å²) in [6, 6.07) is 0.670. The first-order chi connectivity index (χ1) is 7.48. The van der Waals surface area contributed by atoms with E-state index in [2.05, 4.69) is 44.8 Å². The van der Waals surface area contributed by atoms with Crippen LogP contribution in [0.3, 0.4) is 0 Å². The maximum Gasteiger partial charge on any atom is 0.0220 e. The van der Waals surface area contributed by atoms with E-state index in [0.717, 1.165) is 12.5 Å². The van der Waals surface area contributed by atoms with Gasteiger partial charge in [0.1, 0.15) is 0 Å². The minimum absolute atomic E-state index is 0.534. The highest BCUT2D eigenvalue weighted by atomic mass is 15.2. The lowest BCUT2D eigenvalue weighted by atomic mass is 9.93. The molecule has 2 unspecified atom stereocenters. The van der Waals surface area contributed by atoms with Crippen LogP contribution in [0.15, 0.2) is 0 Å². The van der Waals surface area contributed by atoms with Crippen LogP contribution < -0.4 is 5.32 Å². The Bertz CT molecular complexity index is 201. The molecule has 2 nitrogen and oxygen atoms in total. The lowest BCUT2D eigenvalue weighted by molar-refractivity contribution is 0.227. The molecule has 96 valence electrons. The molecule has 0 aliphatic carbocycles. The Labute approximate surface area is 102 Å². The molecule has 1 aliphatic heterocycles. The van der Waals surface area contributed by atoms with Gasteiger partial charge in [0.05, 0.1) is 0 Å². The van der Waals surface area contributed by atoms with Crippen LogP contribution in [0.2, 0.25) is 0 Å². The van der Waals surface area contributed by atoms with E-state index in [1.165, 1.54) is 32.5 Å². The van der Waals surface area contributed by atoms with Gasteiger partial charge >= 0.3 is 0 Å². The third-order valence-electron chi connectivity index (χ3n) is 4.01. The molecule has 0 bridgehead atoms. The summed E-state index contributed by atoms with van der Waals surface area (Å²) < 4.78 is 0. The molecule has 1 aliphatic rings. The highest BCUT2D eigenvalue weighted by Gasteiger charge is 2.30. The first kappa shape index (κ1) is 14.0. The first-order valence-electron chi connectivity index (χ1n) is 6.94. The van der Waals surface area contributed by atoms with Crippen LogP contribution in [-0.2, 0) is 0 Å². The van der Waals surface area contributed by atoms with E-state index < -0.39 is 0 Å². The van der Waals surface area contributed by atoms with Crippen molar-refractivity contribution < 1.29 is 0 Å². The molecular weight excluding hydrogens is 196 g/mol. The maximum absolute atomic E-state index is 3.65. The van der Waals surface area contributed by atoms with Gasteiger partial charge in [0, 0.05) is 19.1 Å². The number of hydrogen-bond donors (Lipinski definition) is 1. The van der Waals surface area contributed by atoms with Crippen molar-refractivity contribution in [1.82, 2.24) is 10.2 Å². The standard InChI is InChI=1S/C14H30N2/c1-6-12(3)13(15-7-2)10-16-9-8-14(4,5)11-16/h12-13,15H,6-11H2,1-5H3. The molecular formula is C14H30N2. The molecule has 0 spiro atoms. The van der Waals surface area contributed by atoms with Crippen molar-refractivity contribution in [3.05, 3.63) is 0 Å². The molecule has 16 heavy (non-hydrogen) atoms. The maximum atomic E-state index is 3.65. The van der Waals surface area contributed by atoms with Crippen molar-refractivity contribution in [2.45, 2.75) is 53.5 Å². The predicted molar refractivity (Wildman–Crippen MR) is 71.8 cm³/mol. The fourth-order valence-electron chi connectivity index (χ4n) is 2.65. The first-order valence-corrected chi connectivity index (χ1v) is 6.94. The molecule has 0 amide bonds. The highest BCUT2D eigenvalue weighted by molar-refractivity contribution is 4.86. The van der Waals surface area contributed by atoms with Gasteiger partial charge in [-0.1, -0.05) is 41.0 Å².